The van der Waals surface area contributed by atoms with Crippen LogP contribution in [0.5, 0.6) is 0 Å². The molecular weight excluding hydrogens is 913 g/mol. The van der Waals surface area contributed by atoms with Crippen molar-refractivity contribution < 1.29 is 0 Å². The first-order valence-electron chi connectivity index (χ1n) is 31.6. The molecule has 0 amide bonds. The van der Waals surface area contributed by atoms with Crippen LogP contribution in [0.1, 0.15) is 318 Å². The Bertz CT molecular complexity index is 1590. The quantitative estimate of drug-likeness (QED) is 0.0324. The molecule has 0 aliphatic heterocycles. The summed E-state index contributed by atoms with van der Waals surface area (Å²) in [5, 5.41) is 0. The molecule has 0 aliphatic carbocycles. The number of hydrogen-bond acceptors (Lipinski definition) is 0. The van der Waals surface area contributed by atoms with Crippen LogP contribution in [0.4, 0.5) is 0 Å². The maximum atomic E-state index is 4.25. The second-order valence-electron chi connectivity index (χ2n) is 25.7. The van der Waals surface area contributed by atoms with Gasteiger partial charge in [-0.2, -0.15) is 0 Å². The van der Waals surface area contributed by atoms with Gasteiger partial charge in [-0.25, -0.2) is 0 Å². The Balaban J connectivity index is -0.000000537. The lowest BCUT2D eigenvalue weighted by Crippen LogP contribution is -2.01. The summed E-state index contributed by atoms with van der Waals surface area (Å²) in [6, 6.07) is 0. The minimum atomic E-state index is 0. The minimum absolute atomic E-state index is 0. The van der Waals surface area contributed by atoms with E-state index in [0.717, 1.165) is 112 Å². The van der Waals surface area contributed by atoms with Crippen molar-refractivity contribution in [3.05, 3.63) is 131 Å². The Morgan fingerprint density at radius 2 is 0.605 bits per heavy atom. The molecule has 0 saturated carbocycles. The topological polar surface area (TPSA) is 0 Å². The van der Waals surface area contributed by atoms with Crippen molar-refractivity contribution >= 4 is 0 Å². The van der Waals surface area contributed by atoms with Crippen molar-refractivity contribution in [1.29, 1.82) is 0 Å². The van der Waals surface area contributed by atoms with E-state index >= 15 is 0 Å². The first-order chi connectivity index (χ1) is 35.5. The SMILES string of the molecule is C.C=C(/C=C/CCC(=C)CC/C=C(\C)CCC=C(C)C)CC/C=C(\C)CCC=C(C)C.C=CC(=C)CC/C=C(\C)CCC=C(C)C.CC(C)CCCC(C)CCCC(C)CCCCC(C)CCCC(C)CCCC(C)C. The van der Waals surface area contributed by atoms with E-state index in [9.17, 15) is 0 Å². The maximum Gasteiger partial charge on any atom is -0.0250 e. The molecule has 0 heterocycles. The van der Waals surface area contributed by atoms with E-state index in [1.807, 2.05) is 6.08 Å². The Kier molecular flexibility index (Phi) is 58.1. The molecule has 442 valence electrons. The van der Waals surface area contributed by atoms with Gasteiger partial charge in [0.2, 0.25) is 0 Å². The van der Waals surface area contributed by atoms with Gasteiger partial charge in [0, 0.05) is 0 Å². The predicted molar refractivity (Wildman–Crippen MR) is 358 cm³/mol. The summed E-state index contributed by atoms with van der Waals surface area (Å²) >= 11 is 0. The Morgan fingerprint density at radius 3 is 0.921 bits per heavy atom. The van der Waals surface area contributed by atoms with Gasteiger partial charge in [-0.05, 0) is 188 Å². The minimum Gasteiger partial charge on any atom is -0.0998 e. The van der Waals surface area contributed by atoms with Gasteiger partial charge in [0.15, 0.2) is 0 Å². The summed E-state index contributed by atoms with van der Waals surface area (Å²) < 4.78 is 0. The lowest BCUT2D eigenvalue weighted by Gasteiger charge is -2.16. The molecule has 0 bridgehead atoms. The highest BCUT2D eigenvalue weighted by Gasteiger charge is 2.09. The van der Waals surface area contributed by atoms with Crippen molar-refractivity contribution in [2.75, 3.05) is 0 Å². The van der Waals surface area contributed by atoms with Crippen molar-refractivity contribution in [2.24, 2.45) is 35.5 Å². The molecule has 4 atom stereocenters. The summed E-state index contributed by atoms with van der Waals surface area (Å²) in [4.78, 5) is 0. The molecule has 0 radical (unpaired) electrons. The average Bonchev–Trinajstić information content (AvgIpc) is 3.31. The zero-order valence-corrected chi connectivity index (χ0v) is 54.2. The van der Waals surface area contributed by atoms with E-state index in [2.05, 4.69) is 193 Å². The molecule has 0 saturated heterocycles. The van der Waals surface area contributed by atoms with E-state index in [0.29, 0.717) is 0 Å². The molecule has 0 heteroatoms. The van der Waals surface area contributed by atoms with Crippen molar-refractivity contribution in [3.8, 4) is 0 Å². The molecule has 0 aromatic heterocycles. The van der Waals surface area contributed by atoms with Crippen molar-refractivity contribution in [1.82, 2.24) is 0 Å². The monoisotopic (exact) mass is 1050 g/mol. The van der Waals surface area contributed by atoms with Crippen molar-refractivity contribution in [3.63, 3.8) is 0 Å². The fourth-order valence-corrected chi connectivity index (χ4v) is 9.39. The van der Waals surface area contributed by atoms with Gasteiger partial charge in [-0.15, -0.1) is 0 Å². The zero-order chi connectivity index (χ0) is 57.2. The van der Waals surface area contributed by atoms with Gasteiger partial charge in [0.1, 0.15) is 0 Å². The Morgan fingerprint density at radius 1 is 0.329 bits per heavy atom. The summed E-state index contributed by atoms with van der Waals surface area (Å²) in [6.07, 6.45) is 59.1. The van der Waals surface area contributed by atoms with E-state index in [1.165, 1.54) is 167 Å². The lowest BCUT2D eigenvalue weighted by atomic mass is 9.90. The first-order valence-corrected chi connectivity index (χ1v) is 31.6. The van der Waals surface area contributed by atoms with Crippen molar-refractivity contribution in [2.45, 2.75) is 318 Å². The normalized spacial score (nSPS) is 13.4. The standard InChI is InChI=1S/C30H62.C30H48.C15H24.CH4/c2*1-25(2)15-11-19-29(7)23-13-21-27(5)17-9-10-18-28(6)22-14-24-30(8)20-12-16-26(3)4;1-6-14(4)10-8-12-15(5)11-7-9-13(2)3;/h25-30H,9-24H2,1-8H3;9,15-17,23-24H,5-6,10-14,18-22H2,1-4,7-8H3;6,9,12H,1,4,7-8,10-11H2,2-3,5H3;1H4/b;17-9+,29-23+,30-24+;15-12+;. The summed E-state index contributed by atoms with van der Waals surface area (Å²) in [6.45, 7) is 55.0. The van der Waals surface area contributed by atoms with Crippen LogP contribution in [-0.2, 0) is 0 Å². The summed E-state index contributed by atoms with van der Waals surface area (Å²) in [5.74, 6) is 5.51. The van der Waals surface area contributed by atoms with Crippen LogP contribution in [0.3, 0.4) is 0 Å². The smallest absolute Gasteiger partial charge is 0.0250 e. The average molecular weight is 1050 g/mol. The molecule has 0 fully saturated rings. The molecule has 4 unspecified atom stereocenters. The second-order valence-corrected chi connectivity index (χ2v) is 25.7. The van der Waals surface area contributed by atoms with E-state index < -0.39 is 0 Å². The van der Waals surface area contributed by atoms with Crippen LogP contribution in [0.15, 0.2) is 131 Å². The van der Waals surface area contributed by atoms with Gasteiger partial charge in [0.25, 0.3) is 0 Å². The molecule has 76 heavy (non-hydrogen) atoms. The van der Waals surface area contributed by atoms with Gasteiger partial charge in [-0.1, -0.05) is 297 Å². The molecule has 0 nitrogen and oxygen atoms in total. The van der Waals surface area contributed by atoms with E-state index in [1.54, 1.807) is 0 Å². The summed E-state index contributed by atoms with van der Waals surface area (Å²) in [7, 11) is 0. The van der Waals surface area contributed by atoms with Crippen LogP contribution >= 0.6 is 0 Å². The van der Waals surface area contributed by atoms with E-state index in [-0.39, 0.29) is 7.43 Å². The third kappa shape index (κ3) is 65.4. The first kappa shape index (κ1) is 79.6. The van der Waals surface area contributed by atoms with Gasteiger partial charge >= 0.3 is 0 Å². The molecule has 0 aliphatic rings. The number of allylic oxidation sites excluding steroid dienone is 18. The van der Waals surface area contributed by atoms with Crippen LogP contribution < -0.4 is 0 Å². The molecule has 0 rings (SSSR count). The zero-order valence-electron chi connectivity index (χ0n) is 54.2. The molecule has 0 spiro atoms. The van der Waals surface area contributed by atoms with Gasteiger partial charge in [0.05, 0.1) is 0 Å². The highest BCUT2D eigenvalue weighted by atomic mass is 14.2. The van der Waals surface area contributed by atoms with Gasteiger partial charge < -0.3 is 0 Å². The number of rotatable bonds is 44. The second kappa shape index (κ2) is 55.5. The van der Waals surface area contributed by atoms with Crippen LogP contribution in [-0.4, -0.2) is 0 Å². The fraction of sp³-hybridized carbons (Fsp3) is 0.711. The molecule has 0 aromatic rings. The molecule has 0 aromatic carbocycles. The molecular formula is C76H138. The predicted octanol–water partition coefficient (Wildman–Crippen LogP) is 27.3. The van der Waals surface area contributed by atoms with Gasteiger partial charge in [-0.3, -0.25) is 0 Å². The highest BCUT2D eigenvalue weighted by Crippen LogP contribution is 2.25. The Hall–Kier alpha value is -2.86. The summed E-state index contributed by atoms with van der Waals surface area (Å²) in [5.41, 5.74) is 12.4. The Labute approximate surface area is 482 Å². The van der Waals surface area contributed by atoms with Crippen LogP contribution in [0.2, 0.25) is 0 Å². The van der Waals surface area contributed by atoms with Crippen LogP contribution in [0.25, 0.3) is 0 Å². The van der Waals surface area contributed by atoms with E-state index in [4.69, 9.17) is 0 Å². The third-order valence-electron chi connectivity index (χ3n) is 14.9. The lowest BCUT2D eigenvalue weighted by molar-refractivity contribution is 0.369. The maximum absolute atomic E-state index is 4.25. The van der Waals surface area contributed by atoms with Crippen LogP contribution in [0, 0.1) is 35.5 Å². The highest BCUT2D eigenvalue weighted by molar-refractivity contribution is 5.16. The largest absolute Gasteiger partial charge is 0.0998 e. The fourth-order valence-electron chi connectivity index (χ4n) is 9.39. The number of hydrogen-bond donors (Lipinski definition) is 0. The third-order valence-corrected chi connectivity index (χ3v) is 14.9. The number of unbranched alkanes of at least 4 members (excludes halogenated alkanes) is 1. The molecule has 0 N–H and O–H groups in total.